The Hall–Kier alpha value is -3.93. The zero-order chi connectivity index (χ0) is 44.4. The van der Waals surface area contributed by atoms with Crippen molar-refractivity contribution in [1.29, 1.82) is 0 Å². The third-order valence-electron chi connectivity index (χ3n) is 9.77. The fraction of sp³-hybridized carbons (Fsp3) is 0.618. The fourth-order valence-corrected chi connectivity index (χ4v) is 6.14. The minimum atomic E-state index is -0.811. The molecule has 0 aromatic carbocycles. The third-order valence-corrected chi connectivity index (χ3v) is 9.77. The lowest BCUT2D eigenvalue weighted by atomic mass is 10.1. The average molecular weight is 845 g/mol. The van der Waals surface area contributed by atoms with E-state index in [0.717, 1.165) is 128 Å². The Balaban J connectivity index is 4.46. The molecular weight excluding hydrogens is 757 g/mol. The second-order valence-corrected chi connectivity index (χ2v) is 15.6. The summed E-state index contributed by atoms with van der Waals surface area (Å²) in [5.74, 6) is -1.00. The molecule has 0 aromatic heterocycles. The van der Waals surface area contributed by atoms with Crippen LogP contribution < -0.4 is 0 Å². The molecule has 0 aromatic rings. The Labute approximate surface area is 374 Å². The first-order valence-corrected chi connectivity index (χ1v) is 24.4. The monoisotopic (exact) mass is 845 g/mol. The molecule has 0 rings (SSSR count). The highest BCUT2D eigenvalue weighted by Crippen LogP contribution is 2.12. The largest absolute Gasteiger partial charge is 0.462 e. The Bertz CT molecular complexity index is 1290. The van der Waals surface area contributed by atoms with Gasteiger partial charge >= 0.3 is 17.9 Å². The maximum Gasteiger partial charge on any atom is 0.306 e. The van der Waals surface area contributed by atoms with Gasteiger partial charge in [0.2, 0.25) is 0 Å². The summed E-state index contributed by atoms with van der Waals surface area (Å²) in [4.78, 5) is 37.8. The molecule has 344 valence electrons. The molecule has 1 unspecified atom stereocenters. The Morgan fingerprint density at radius 2 is 0.689 bits per heavy atom. The standard InChI is InChI=1S/C55H88O6/c1-4-7-10-13-16-19-21-23-25-26-27-28-30-31-33-36-39-42-45-48-54(57)60-51-52(50-59-53(56)47-44-41-38-35-18-15-12-9-6-3)61-55(58)49-46-43-40-37-34-32-29-24-22-20-17-14-11-8-5-2/h7,9-10,12,16-20,22-25,27-28,31,33,35,52H,4-6,8,11,13-15,21,26,29-30,32,34,36-51H2,1-3H3/b10-7-,12-9-,19-16-,20-17-,24-22-,25-23-,28-27-,33-31-,35-18-. The lowest BCUT2D eigenvalue weighted by molar-refractivity contribution is -0.167. The highest BCUT2D eigenvalue weighted by atomic mass is 16.6. The molecule has 0 saturated carbocycles. The molecule has 0 heterocycles. The Morgan fingerprint density at radius 1 is 0.361 bits per heavy atom. The molecule has 0 radical (unpaired) electrons. The van der Waals surface area contributed by atoms with Gasteiger partial charge in [-0.15, -0.1) is 0 Å². The molecule has 0 saturated heterocycles. The van der Waals surface area contributed by atoms with Crippen LogP contribution in [0.3, 0.4) is 0 Å². The maximum atomic E-state index is 12.8. The molecule has 0 spiro atoms. The zero-order valence-corrected chi connectivity index (χ0v) is 39.1. The van der Waals surface area contributed by atoms with Crippen molar-refractivity contribution in [1.82, 2.24) is 0 Å². The summed E-state index contributed by atoms with van der Waals surface area (Å²) in [5, 5.41) is 0. The third kappa shape index (κ3) is 47.0. The van der Waals surface area contributed by atoms with E-state index in [0.29, 0.717) is 19.3 Å². The number of hydrogen-bond donors (Lipinski definition) is 0. The predicted octanol–water partition coefficient (Wildman–Crippen LogP) is 16.0. The summed E-state index contributed by atoms with van der Waals surface area (Å²) < 4.78 is 16.7. The van der Waals surface area contributed by atoms with Crippen molar-refractivity contribution in [2.75, 3.05) is 13.2 Å². The number of unbranched alkanes of at least 4 members (excludes halogenated alkanes) is 14. The predicted molar refractivity (Wildman–Crippen MR) is 260 cm³/mol. The normalized spacial score (nSPS) is 13.0. The van der Waals surface area contributed by atoms with Crippen molar-refractivity contribution in [3.05, 3.63) is 109 Å². The van der Waals surface area contributed by atoms with Gasteiger partial charge in [0.05, 0.1) is 0 Å². The van der Waals surface area contributed by atoms with Crippen molar-refractivity contribution in [2.24, 2.45) is 0 Å². The van der Waals surface area contributed by atoms with E-state index in [1.54, 1.807) is 0 Å². The van der Waals surface area contributed by atoms with Gasteiger partial charge < -0.3 is 14.2 Å². The Morgan fingerprint density at radius 3 is 1.15 bits per heavy atom. The number of carbonyl (C=O) groups excluding carboxylic acids is 3. The molecular formula is C55H88O6. The molecule has 0 N–H and O–H groups in total. The van der Waals surface area contributed by atoms with Gasteiger partial charge in [0.1, 0.15) is 13.2 Å². The summed E-state index contributed by atoms with van der Waals surface area (Å²) in [6, 6.07) is 0. The first-order valence-electron chi connectivity index (χ1n) is 24.4. The number of allylic oxidation sites excluding steroid dienone is 18. The topological polar surface area (TPSA) is 78.9 Å². The van der Waals surface area contributed by atoms with E-state index in [4.69, 9.17) is 14.2 Å². The van der Waals surface area contributed by atoms with E-state index in [-0.39, 0.29) is 31.1 Å². The second kappa shape index (κ2) is 48.7. The summed E-state index contributed by atoms with van der Waals surface area (Å²) in [6.07, 6.45) is 65.1. The summed E-state index contributed by atoms with van der Waals surface area (Å²) in [6.45, 7) is 6.27. The van der Waals surface area contributed by atoms with Crippen molar-refractivity contribution >= 4 is 17.9 Å². The number of esters is 3. The first-order chi connectivity index (χ1) is 30.0. The molecule has 0 aliphatic rings. The lowest BCUT2D eigenvalue weighted by Crippen LogP contribution is -2.30. The number of hydrogen-bond acceptors (Lipinski definition) is 6. The van der Waals surface area contributed by atoms with Gasteiger partial charge in [-0.2, -0.15) is 0 Å². The maximum absolute atomic E-state index is 12.8. The van der Waals surface area contributed by atoms with Gasteiger partial charge in [0.25, 0.3) is 0 Å². The van der Waals surface area contributed by atoms with Crippen LogP contribution in [0.4, 0.5) is 0 Å². The van der Waals surface area contributed by atoms with Crippen LogP contribution >= 0.6 is 0 Å². The van der Waals surface area contributed by atoms with Gasteiger partial charge in [-0.1, -0.05) is 175 Å². The quantitative estimate of drug-likeness (QED) is 0.0200. The highest BCUT2D eigenvalue weighted by Gasteiger charge is 2.19. The SMILES string of the molecule is CC/C=C\C/C=C\C/C=C\C/C=C\C/C=C\CCCCCC(=O)OCC(COC(=O)CCCC/C=C\C/C=C\CC)OC(=O)CCCCCCCC/C=C\C=C/CCCCC. The number of rotatable bonds is 42. The van der Waals surface area contributed by atoms with Crippen LogP contribution in [-0.4, -0.2) is 37.2 Å². The van der Waals surface area contributed by atoms with Gasteiger partial charge in [-0.3, -0.25) is 14.4 Å². The minimum absolute atomic E-state index is 0.113. The molecule has 0 amide bonds. The molecule has 1 atom stereocenters. The van der Waals surface area contributed by atoms with Crippen LogP contribution in [0.25, 0.3) is 0 Å². The van der Waals surface area contributed by atoms with E-state index < -0.39 is 6.10 Å². The lowest BCUT2D eigenvalue weighted by Gasteiger charge is -2.18. The van der Waals surface area contributed by atoms with Crippen LogP contribution in [0.5, 0.6) is 0 Å². The number of carbonyl (C=O) groups is 3. The smallest absolute Gasteiger partial charge is 0.306 e. The van der Waals surface area contributed by atoms with E-state index in [1.807, 2.05) is 0 Å². The molecule has 6 heteroatoms. The molecule has 0 aliphatic carbocycles. The summed E-state index contributed by atoms with van der Waals surface area (Å²) in [5.41, 5.74) is 0. The van der Waals surface area contributed by atoms with Gasteiger partial charge in [0.15, 0.2) is 6.10 Å². The molecule has 0 fully saturated rings. The summed E-state index contributed by atoms with van der Waals surface area (Å²) in [7, 11) is 0. The molecule has 6 nitrogen and oxygen atoms in total. The van der Waals surface area contributed by atoms with Crippen LogP contribution in [0.1, 0.15) is 201 Å². The number of ether oxygens (including phenoxy) is 3. The van der Waals surface area contributed by atoms with Gasteiger partial charge in [-0.05, 0) is 116 Å². The molecule has 0 bridgehead atoms. The summed E-state index contributed by atoms with van der Waals surface area (Å²) >= 11 is 0. The van der Waals surface area contributed by atoms with Crippen molar-refractivity contribution in [3.63, 3.8) is 0 Å². The van der Waals surface area contributed by atoms with Crippen LogP contribution in [-0.2, 0) is 28.6 Å². The van der Waals surface area contributed by atoms with E-state index in [9.17, 15) is 14.4 Å². The minimum Gasteiger partial charge on any atom is -0.462 e. The zero-order valence-electron chi connectivity index (χ0n) is 39.1. The fourth-order valence-electron chi connectivity index (χ4n) is 6.14. The van der Waals surface area contributed by atoms with E-state index >= 15 is 0 Å². The Kier molecular flexibility index (Phi) is 45.6. The molecule has 0 aliphatic heterocycles. The average Bonchev–Trinajstić information content (AvgIpc) is 3.26. The van der Waals surface area contributed by atoms with Crippen molar-refractivity contribution in [3.8, 4) is 0 Å². The molecule has 61 heavy (non-hydrogen) atoms. The van der Waals surface area contributed by atoms with Crippen molar-refractivity contribution < 1.29 is 28.6 Å². The van der Waals surface area contributed by atoms with Crippen molar-refractivity contribution in [2.45, 2.75) is 207 Å². The van der Waals surface area contributed by atoms with Crippen LogP contribution in [0.2, 0.25) is 0 Å². The second-order valence-electron chi connectivity index (χ2n) is 15.6. The highest BCUT2D eigenvalue weighted by molar-refractivity contribution is 5.71. The van der Waals surface area contributed by atoms with E-state index in [1.165, 1.54) is 32.1 Å². The van der Waals surface area contributed by atoms with Gasteiger partial charge in [0, 0.05) is 19.3 Å². The van der Waals surface area contributed by atoms with Gasteiger partial charge in [-0.25, -0.2) is 0 Å². The first kappa shape index (κ1) is 57.1. The van der Waals surface area contributed by atoms with E-state index in [2.05, 4.69) is 130 Å². The van der Waals surface area contributed by atoms with Crippen LogP contribution in [0, 0.1) is 0 Å². The van der Waals surface area contributed by atoms with Crippen LogP contribution in [0.15, 0.2) is 109 Å².